The minimum atomic E-state index is 0.770. The molecule has 0 fully saturated rings. The third kappa shape index (κ3) is 3.88. The molecule has 0 aliphatic carbocycles. The van der Waals surface area contributed by atoms with E-state index in [-0.39, 0.29) is 0 Å². The lowest BCUT2D eigenvalue weighted by atomic mass is 10.2. The van der Waals surface area contributed by atoms with Crippen LogP contribution in [-0.4, -0.2) is 6.54 Å². The lowest BCUT2D eigenvalue weighted by molar-refractivity contribution is 0.484. The number of ether oxygens (including phenoxy) is 1. The van der Waals surface area contributed by atoms with E-state index < -0.39 is 0 Å². The summed E-state index contributed by atoms with van der Waals surface area (Å²) < 4.78 is 5.88. The van der Waals surface area contributed by atoms with Gasteiger partial charge in [0.25, 0.3) is 0 Å². The van der Waals surface area contributed by atoms with Gasteiger partial charge in [-0.05, 0) is 30.7 Å². The molecular formula is C17H19NO. The van der Waals surface area contributed by atoms with E-state index in [0.717, 1.165) is 30.2 Å². The molecular weight excluding hydrogens is 234 g/mol. The van der Waals surface area contributed by atoms with Gasteiger partial charge in [0, 0.05) is 6.54 Å². The summed E-state index contributed by atoms with van der Waals surface area (Å²) in [6, 6.07) is 17.7. The Morgan fingerprint density at radius 2 is 1.74 bits per heavy atom. The van der Waals surface area contributed by atoms with Gasteiger partial charge in [-0.1, -0.05) is 49.4 Å². The Labute approximate surface area is 114 Å². The summed E-state index contributed by atoms with van der Waals surface area (Å²) in [5.41, 5.74) is 2.16. The highest BCUT2D eigenvalue weighted by atomic mass is 16.5. The van der Waals surface area contributed by atoms with E-state index in [4.69, 9.17) is 4.74 Å². The number of benzene rings is 2. The highest BCUT2D eigenvalue weighted by molar-refractivity contribution is 5.58. The van der Waals surface area contributed by atoms with Crippen molar-refractivity contribution in [3.8, 4) is 11.5 Å². The zero-order valence-electron chi connectivity index (χ0n) is 11.2. The first-order valence-electron chi connectivity index (χ1n) is 6.52. The SMILES string of the molecule is C=C(CC)CNc1ccccc1Oc1ccccc1. The van der Waals surface area contributed by atoms with Crippen LogP contribution in [0.15, 0.2) is 66.7 Å². The second-order valence-corrected chi connectivity index (χ2v) is 4.37. The minimum absolute atomic E-state index is 0.770. The molecule has 0 spiro atoms. The van der Waals surface area contributed by atoms with Crippen molar-refractivity contribution >= 4 is 5.69 Å². The van der Waals surface area contributed by atoms with Crippen LogP contribution in [0.2, 0.25) is 0 Å². The summed E-state index contributed by atoms with van der Waals surface area (Å²) in [6.07, 6.45) is 0.981. The fourth-order valence-electron chi connectivity index (χ4n) is 1.66. The third-order valence-corrected chi connectivity index (χ3v) is 2.89. The fourth-order valence-corrected chi connectivity index (χ4v) is 1.66. The molecule has 2 heteroatoms. The van der Waals surface area contributed by atoms with Crippen molar-refractivity contribution in [1.82, 2.24) is 0 Å². The molecule has 0 aliphatic rings. The Kier molecular flexibility index (Phi) is 4.62. The quantitative estimate of drug-likeness (QED) is 0.742. The number of hydrogen-bond donors (Lipinski definition) is 1. The highest BCUT2D eigenvalue weighted by Gasteiger charge is 2.03. The summed E-state index contributed by atoms with van der Waals surface area (Å²) in [6.45, 7) is 6.88. The number of para-hydroxylation sites is 3. The van der Waals surface area contributed by atoms with Crippen LogP contribution in [-0.2, 0) is 0 Å². The van der Waals surface area contributed by atoms with Gasteiger partial charge in [-0.15, -0.1) is 0 Å². The lowest BCUT2D eigenvalue weighted by Crippen LogP contribution is -2.04. The topological polar surface area (TPSA) is 21.3 Å². The highest BCUT2D eigenvalue weighted by Crippen LogP contribution is 2.29. The molecule has 2 aromatic carbocycles. The van der Waals surface area contributed by atoms with Crippen LogP contribution < -0.4 is 10.1 Å². The maximum absolute atomic E-state index is 5.88. The molecule has 2 aromatic rings. The van der Waals surface area contributed by atoms with Gasteiger partial charge in [0.1, 0.15) is 5.75 Å². The van der Waals surface area contributed by atoms with Gasteiger partial charge >= 0.3 is 0 Å². The average molecular weight is 253 g/mol. The molecule has 0 unspecified atom stereocenters. The number of rotatable bonds is 6. The Balaban J connectivity index is 2.10. The fraction of sp³-hybridized carbons (Fsp3) is 0.176. The molecule has 2 rings (SSSR count). The summed E-state index contributed by atoms with van der Waals surface area (Å²) >= 11 is 0. The molecule has 0 heterocycles. The number of anilines is 1. The third-order valence-electron chi connectivity index (χ3n) is 2.89. The second kappa shape index (κ2) is 6.64. The van der Waals surface area contributed by atoms with Crippen LogP contribution in [0, 0.1) is 0 Å². The molecule has 98 valence electrons. The Bertz CT molecular complexity index is 534. The molecule has 19 heavy (non-hydrogen) atoms. The van der Waals surface area contributed by atoms with Crippen LogP contribution >= 0.6 is 0 Å². The minimum Gasteiger partial charge on any atom is -0.455 e. The van der Waals surface area contributed by atoms with E-state index in [1.807, 2.05) is 54.6 Å². The summed E-state index contributed by atoms with van der Waals surface area (Å²) in [5, 5.41) is 3.36. The van der Waals surface area contributed by atoms with Crippen LogP contribution in [0.4, 0.5) is 5.69 Å². The monoisotopic (exact) mass is 253 g/mol. The van der Waals surface area contributed by atoms with Crippen LogP contribution in [0.3, 0.4) is 0 Å². The first-order chi connectivity index (χ1) is 9.29. The molecule has 0 atom stereocenters. The summed E-state index contributed by atoms with van der Waals surface area (Å²) in [5.74, 6) is 1.67. The van der Waals surface area contributed by atoms with Crippen molar-refractivity contribution in [3.05, 3.63) is 66.7 Å². The zero-order valence-corrected chi connectivity index (χ0v) is 11.2. The standard InChI is InChI=1S/C17H19NO/c1-3-14(2)13-18-16-11-7-8-12-17(16)19-15-9-5-4-6-10-15/h4-12,18H,2-3,13H2,1H3. The lowest BCUT2D eigenvalue weighted by Gasteiger charge is -2.13. The molecule has 0 amide bonds. The Hall–Kier alpha value is -2.22. The molecule has 0 aliphatic heterocycles. The molecule has 0 saturated carbocycles. The van der Waals surface area contributed by atoms with Crippen LogP contribution in [0.1, 0.15) is 13.3 Å². The first kappa shape index (κ1) is 13.2. The van der Waals surface area contributed by atoms with E-state index >= 15 is 0 Å². The summed E-state index contributed by atoms with van der Waals surface area (Å²) in [4.78, 5) is 0. The summed E-state index contributed by atoms with van der Waals surface area (Å²) in [7, 11) is 0. The number of nitrogens with one attached hydrogen (secondary N) is 1. The largest absolute Gasteiger partial charge is 0.455 e. The molecule has 0 bridgehead atoms. The van der Waals surface area contributed by atoms with Crippen molar-refractivity contribution in [1.29, 1.82) is 0 Å². The predicted octanol–water partition coefficient (Wildman–Crippen LogP) is 4.86. The van der Waals surface area contributed by atoms with Crippen molar-refractivity contribution in [2.75, 3.05) is 11.9 Å². The Morgan fingerprint density at radius 3 is 2.47 bits per heavy atom. The van der Waals surface area contributed by atoms with Gasteiger partial charge in [-0.3, -0.25) is 0 Å². The molecule has 0 aromatic heterocycles. The van der Waals surface area contributed by atoms with Crippen molar-refractivity contribution < 1.29 is 4.74 Å². The predicted molar refractivity (Wildman–Crippen MR) is 80.9 cm³/mol. The van der Waals surface area contributed by atoms with E-state index in [1.54, 1.807) is 0 Å². The van der Waals surface area contributed by atoms with Crippen molar-refractivity contribution in [2.45, 2.75) is 13.3 Å². The average Bonchev–Trinajstić information content (AvgIpc) is 2.47. The Morgan fingerprint density at radius 1 is 1.05 bits per heavy atom. The van der Waals surface area contributed by atoms with Gasteiger partial charge in [-0.2, -0.15) is 0 Å². The van der Waals surface area contributed by atoms with Gasteiger partial charge < -0.3 is 10.1 Å². The smallest absolute Gasteiger partial charge is 0.150 e. The molecule has 1 N–H and O–H groups in total. The van der Waals surface area contributed by atoms with Crippen molar-refractivity contribution in [2.24, 2.45) is 0 Å². The maximum Gasteiger partial charge on any atom is 0.150 e. The van der Waals surface area contributed by atoms with E-state index in [0.29, 0.717) is 0 Å². The molecule has 2 nitrogen and oxygen atoms in total. The van der Waals surface area contributed by atoms with Gasteiger partial charge in [-0.25, -0.2) is 0 Å². The molecule has 0 radical (unpaired) electrons. The van der Waals surface area contributed by atoms with E-state index in [1.165, 1.54) is 5.57 Å². The first-order valence-corrected chi connectivity index (χ1v) is 6.52. The van der Waals surface area contributed by atoms with Crippen LogP contribution in [0.25, 0.3) is 0 Å². The van der Waals surface area contributed by atoms with Gasteiger partial charge in [0.05, 0.1) is 5.69 Å². The van der Waals surface area contributed by atoms with E-state index in [2.05, 4.69) is 18.8 Å². The maximum atomic E-state index is 5.88. The van der Waals surface area contributed by atoms with Crippen LogP contribution in [0.5, 0.6) is 11.5 Å². The zero-order chi connectivity index (χ0) is 13.5. The van der Waals surface area contributed by atoms with Gasteiger partial charge in [0.15, 0.2) is 5.75 Å². The number of hydrogen-bond acceptors (Lipinski definition) is 2. The van der Waals surface area contributed by atoms with E-state index in [9.17, 15) is 0 Å². The normalized spacial score (nSPS) is 9.95. The molecule has 0 saturated heterocycles. The second-order valence-electron chi connectivity index (χ2n) is 4.37. The van der Waals surface area contributed by atoms with Crippen molar-refractivity contribution in [3.63, 3.8) is 0 Å². The van der Waals surface area contributed by atoms with Gasteiger partial charge in [0.2, 0.25) is 0 Å².